The van der Waals surface area contributed by atoms with Gasteiger partial charge in [0.05, 0.1) is 0 Å². The maximum absolute atomic E-state index is 6.38. The van der Waals surface area contributed by atoms with Crippen LogP contribution >= 0.6 is 0 Å². The third-order valence-electron chi connectivity index (χ3n) is 10.6. The summed E-state index contributed by atoms with van der Waals surface area (Å²) in [5.74, 6) is 6.04. The quantitative estimate of drug-likeness (QED) is 0.269. The lowest BCUT2D eigenvalue weighted by molar-refractivity contribution is 0.0261. The topological polar surface area (TPSA) is 18.5 Å². The van der Waals surface area contributed by atoms with Crippen molar-refractivity contribution in [1.29, 1.82) is 0 Å². The van der Waals surface area contributed by atoms with Crippen molar-refractivity contribution in [2.75, 3.05) is 0 Å². The lowest BCUT2D eigenvalue weighted by atomic mass is 9.54. The zero-order valence-corrected chi connectivity index (χ0v) is 24.4. The van der Waals surface area contributed by atoms with Gasteiger partial charge in [-0.25, -0.2) is 0 Å². The number of aryl methyl sites for hydroxylation is 1. The molecule has 3 aromatic rings. The van der Waals surface area contributed by atoms with Crippen LogP contribution < -0.4 is 9.47 Å². The summed E-state index contributed by atoms with van der Waals surface area (Å²) in [6, 6.07) is 25.8. The maximum Gasteiger partial charge on any atom is 0.126 e. The van der Waals surface area contributed by atoms with Crippen LogP contribution in [-0.2, 0) is 6.42 Å². The number of hydrogen-bond acceptors (Lipinski definition) is 2. The molecular weight excluding hydrogens is 488 g/mol. The van der Waals surface area contributed by atoms with Gasteiger partial charge in [-0.3, -0.25) is 0 Å². The molecule has 2 heteroatoms. The molecule has 0 saturated heterocycles. The second-order valence-electron chi connectivity index (χ2n) is 12.6. The summed E-state index contributed by atoms with van der Waals surface area (Å²) in [5.41, 5.74) is 5.86. The van der Waals surface area contributed by atoms with Gasteiger partial charge in [0.1, 0.15) is 23.4 Å². The molecule has 0 aliphatic heterocycles. The Morgan fingerprint density at radius 3 is 2.50 bits per heavy atom. The fourth-order valence-electron chi connectivity index (χ4n) is 8.36. The van der Waals surface area contributed by atoms with Crippen LogP contribution in [0.15, 0.2) is 91.2 Å². The van der Waals surface area contributed by atoms with Gasteiger partial charge in [-0.1, -0.05) is 68.1 Å². The summed E-state index contributed by atoms with van der Waals surface area (Å²) in [7, 11) is 0. The molecule has 0 radical (unpaired) electrons. The van der Waals surface area contributed by atoms with E-state index in [-0.39, 0.29) is 6.10 Å². The summed E-state index contributed by atoms with van der Waals surface area (Å²) in [6.45, 7) is 10.7. The third-order valence-corrected chi connectivity index (χ3v) is 10.6. The molecule has 2 nitrogen and oxygen atoms in total. The van der Waals surface area contributed by atoms with Crippen molar-refractivity contribution in [3.8, 4) is 11.5 Å². The summed E-state index contributed by atoms with van der Waals surface area (Å²) in [5, 5.41) is 0. The average Bonchev–Trinajstić information content (AvgIpc) is 3.33. The minimum Gasteiger partial charge on any atom is -0.486 e. The zero-order chi connectivity index (χ0) is 27.7. The normalized spacial score (nSPS) is 28.1. The molecule has 2 saturated carbocycles. The zero-order valence-electron chi connectivity index (χ0n) is 24.4. The molecule has 6 rings (SSSR count). The average molecular weight is 533 g/mol. The molecule has 0 heterocycles. The van der Waals surface area contributed by atoms with Gasteiger partial charge < -0.3 is 9.47 Å². The second-order valence-corrected chi connectivity index (χ2v) is 12.6. The van der Waals surface area contributed by atoms with Crippen LogP contribution in [0.3, 0.4) is 0 Å². The van der Waals surface area contributed by atoms with Gasteiger partial charge in [0.15, 0.2) is 0 Å². The number of fused-ring (bicyclic) bond motifs is 5. The highest BCUT2D eigenvalue weighted by molar-refractivity contribution is 5.48. The largest absolute Gasteiger partial charge is 0.486 e. The van der Waals surface area contributed by atoms with Crippen molar-refractivity contribution in [2.24, 2.45) is 23.2 Å². The standard InChI is InChI=1S/C38H44O2/c1-5-27-12-16-32(17-13-27)40-31(6-2)25-30-15-21-37-36-19-14-29-24-33(39-26(3)28-10-8-7-9-11-28)18-20-34(29)35(36)22-23-38(30,37)4/h5-13,16-18,20,24,26,30,35-37H,1,14-15,19,21-23,25H2,2-4H3/b31-6+. The highest BCUT2D eigenvalue weighted by Crippen LogP contribution is 2.64. The summed E-state index contributed by atoms with van der Waals surface area (Å²) in [4.78, 5) is 0. The first-order chi connectivity index (χ1) is 19.5. The van der Waals surface area contributed by atoms with E-state index < -0.39 is 0 Å². The SMILES string of the molecule is C=Cc1ccc(O/C(=C/C)CC2CCC3C4CCc5cc(OC(C)c6ccccc6)ccc5C4CCC23C)cc1. The Morgan fingerprint density at radius 2 is 1.75 bits per heavy atom. The first-order valence-corrected chi connectivity index (χ1v) is 15.4. The summed E-state index contributed by atoms with van der Waals surface area (Å²) >= 11 is 0. The van der Waals surface area contributed by atoms with E-state index in [9.17, 15) is 0 Å². The number of benzene rings is 3. The second kappa shape index (κ2) is 11.3. The summed E-state index contributed by atoms with van der Waals surface area (Å²) < 4.78 is 12.8. The Morgan fingerprint density at radius 1 is 0.975 bits per heavy atom. The predicted molar refractivity (Wildman–Crippen MR) is 166 cm³/mol. The highest BCUT2D eigenvalue weighted by Gasteiger charge is 2.54. The molecule has 0 amide bonds. The predicted octanol–water partition coefficient (Wildman–Crippen LogP) is 10.3. The highest BCUT2D eigenvalue weighted by atomic mass is 16.5. The first-order valence-electron chi connectivity index (χ1n) is 15.4. The van der Waals surface area contributed by atoms with Gasteiger partial charge in [-0.15, -0.1) is 0 Å². The number of rotatable bonds is 8. The molecule has 0 spiro atoms. The molecule has 6 atom stereocenters. The van der Waals surface area contributed by atoms with E-state index in [2.05, 4.69) is 106 Å². The minimum atomic E-state index is 0.0546. The lowest BCUT2D eigenvalue weighted by Gasteiger charge is -2.51. The molecule has 3 aliphatic rings. The Kier molecular flexibility index (Phi) is 7.62. The van der Waals surface area contributed by atoms with Gasteiger partial charge in [0.2, 0.25) is 0 Å². The van der Waals surface area contributed by atoms with Crippen LogP contribution in [0.5, 0.6) is 11.5 Å². The number of ether oxygens (including phenoxy) is 2. The number of allylic oxidation sites excluding steroid dienone is 2. The molecule has 0 bridgehead atoms. The smallest absolute Gasteiger partial charge is 0.126 e. The van der Waals surface area contributed by atoms with Gasteiger partial charge in [-0.05, 0) is 134 Å². The molecule has 0 aromatic heterocycles. The molecule has 0 N–H and O–H groups in total. The van der Waals surface area contributed by atoms with E-state index in [0.29, 0.717) is 17.3 Å². The van der Waals surface area contributed by atoms with E-state index in [4.69, 9.17) is 9.47 Å². The Balaban J connectivity index is 1.13. The van der Waals surface area contributed by atoms with Crippen molar-refractivity contribution >= 4 is 6.08 Å². The van der Waals surface area contributed by atoms with E-state index in [1.54, 1.807) is 5.56 Å². The van der Waals surface area contributed by atoms with Gasteiger partial charge in [0.25, 0.3) is 0 Å². The Bertz CT molecular complexity index is 1350. The molecule has 2 fully saturated rings. The van der Waals surface area contributed by atoms with Crippen LogP contribution in [-0.4, -0.2) is 0 Å². The van der Waals surface area contributed by atoms with Crippen LogP contribution in [0.1, 0.15) is 93.6 Å². The summed E-state index contributed by atoms with van der Waals surface area (Å²) in [6.07, 6.45) is 12.9. The molecule has 40 heavy (non-hydrogen) atoms. The monoisotopic (exact) mass is 532 g/mol. The number of hydrogen-bond donors (Lipinski definition) is 0. The van der Waals surface area contributed by atoms with Crippen molar-refractivity contribution in [2.45, 2.75) is 77.7 Å². The molecule has 3 aliphatic carbocycles. The maximum atomic E-state index is 6.38. The van der Waals surface area contributed by atoms with E-state index in [0.717, 1.165) is 41.1 Å². The fourth-order valence-corrected chi connectivity index (χ4v) is 8.36. The lowest BCUT2D eigenvalue weighted by Crippen LogP contribution is -2.42. The van der Waals surface area contributed by atoms with Gasteiger partial charge in [0, 0.05) is 6.42 Å². The van der Waals surface area contributed by atoms with Crippen molar-refractivity contribution in [3.63, 3.8) is 0 Å². The van der Waals surface area contributed by atoms with Crippen LogP contribution in [0.25, 0.3) is 6.08 Å². The van der Waals surface area contributed by atoms with E-state index in [1.807, 2.05) is 6.08 Å². The van der Waals surface area contributed by atoms with Crippen molar-refractivity contribution < 1.29 is 9.47 Å². The molecule has 3 aromatic carbocycles. The fraction of sp³-hybridized carbons (Fsp3) is 0.421. The first kappa shape index (κ1) is 26.9. The molecule has 208 valence electrons. The third kappa shape index (κ3) is 5.14. The van der Waals surface area contributed by atoms with Gasteiger partial charge >= 0.3 is 0 Å². The van der Waals surface area contributed by atoms with E-state index in [1.165, 1.54) is 49.7 Å². The minimum absolute atomic E-state index is 0.0546. The van der Waals surface area contributed by atoms with Gasteiger partial charge in [-0.2, -0.15) is 0 Å². The van der Waals surface area contributed by atoms with Crippen molar-refractivity contribution in [3.05, 3.63) is 113 Å². The Labute approximate surface area is 241 Å². The van der Waals surface area contributed by atoms with Crippen LogP contribution in [0.2, 0.25) is 0 Å². The Hall–Kier alpha value is -3.26. The van der Waals surface area contributed by atoms with Crippen LogP contribution in [0, 0.1) is 23.2 Å². The van der Waals surface area contributed by atoms with Crippen LogP contribution in [0.4, 0.5) is 0 Å². The van der Waals surface area contributed by atoms with E-state index >= 15 is 0 Å². The van der Waals surface area contributed by atoms with Crippen molar-refractivity contribution in [1.82, 2.24) is 0 Å². The molecular formula is C38H44O2. The molecule has 6 unspecified atom stereocenters.